The van der Waals surface area contributed by atoms with Crippen LogP contribution in [0.15, 0.2) is 78.1 Å². The number of nitrogens with one attached hydrogen (secondary N) is 1. The normalized spacial score (nSPS) is 13.8. The van der Waals surface area contributed by atoms with Crippen molar-refractivity contribution in [3.63, 3.8) is 0 Å². The van der Waals surface area contributed by atoms with E-state index in [9.17, 15) is 9.59 Å². The zero-order chi connectivity index (χ0) is 23.7. The summed E-state index contributed by atoms with van der Waals surface area (Å²) in [5, 5.41) is 0.575. The molecule has 7 heteroatoms. The molecule has 0 aliphatic carbocycles. The molecule has 5 rings (SSSR count). The topological polar surface area (TPSA) is 78.8 Å². The number of carbonyl (C=O) groups is 2. The molecular formula is C27H25N3O4. The van der Waals surface area contributed by atoms with Crippen molar-refractivity contribution in [2.75, 3.05) is 33.3 Å². The van der Waals surface area contributed by atoms with Crippen molar-refractivity contribution >= 4 is 28.3 Å². The highest BCUT2D eigenvalue weighted by Crippen LogP contribution is 2.36. The van der Waals surface area contributed by atoms with Gasteiger partial charge in [0.25, 0.3) is 11.7 Å². The first-order valence-corrected chi connectivity index (χ1v) is 11.1. The van der Waals surface area contributed by atoms with Crippen molar-refractivity contribution in [1.29, 1.82) is 0 Å². The molecule has 2 aromatic carbocycles. The minimum Gasteiger partial charge on any atom is -0.496 e. The van der Waals surface area contributed by atoms with Gasteiger partial charge in [-0.3, -0.25) is 9.59 Å². The van der Waals surface area contributed by atoms with Gasteiger partial charge in [0, 0.05) is 43.6 Å². The Bertz CT molecular complexity index is 1350. The third-order valence-electron chi connectivity index (χ3n) is 6.30. The predicted molar refractivity (Wildman–Crippen MR) is 131 cm³/mol. The van der Waals surface area contributed by atoms with Gasteiger partial charge in [-0.05, 0) is 29.8 Å². The number of aromatic nitrogens is 1. The number of Topliss-reactive ketones (excluding diaryl/α,β-unsaturated/α-hetero) is 1. The lowest BCUT2D eigenvalue weighted by atomic mass is 10.0. The van der Waals surface area contributed by atoms with Crippen molar-refractivity contribution in [2.45, 2.75) is 0 Å². The van der Waals surface area contributed by atoms with Crippen LogP contribution in [0.5, 0.6) is 5.75 Å². The van der Waals surface area contributed by atoms with Crippen molar-refractivity contribution in [2.24, 2.45) is 0 Å². The SMILES string of the molecule is C=C(c1ccccc1)N1CCN(C(=O)C(=O)c2c[nH]c3c(-c4ccco4)ccc(OC)c23)CC1. The van der Waals surface area contributed by atoms with E-state index in [0.717, 1.165) is 16.8 Å². The van der Waals surface area contributed by atoms with Gasteiger partial charge < -0.3 is 23.9 Å². The molecule has 1 N–H and O–H groups in total. The predicted octanol–water partition coefficient (Wildman–Crippen LogP) is 4.43. The first-order chi connectivity index (χ1) is 16.6. The molecule has 1 aliphatic heterocycles. The van der Waals surface area contributed by atoms with Gasteiger partial charge in [0.1, 0.15) is 11.5 Å². The molecule has 4 aromatic rings. The Labute approximate surface area is 197 Å². The average molecular weight is 456 g/mol. The Morgan fingerprint density at radius 1 is 0.971 bits per heavy atom. The number of H-pyrrole nitrogens is 1. The Morgan fingerprint density at radius 3 is 2.38 bits per heavy atom. The van der Waals surface area contributed by atoms with E-state index >= 15 is 0 Å². The lowest BCUT2D eigenvalue weighted by Crippen LogP contribution is -2.49. The third-order valence-corrected chi connectivity index (χ3v) is 6.30. The van der Waals surface area contributed by atoms with E-state index in [2.05, 4.69) is 16.5 Å². The number of carbonyl (C=O) groups excluding carboxylic acids is 2. The Kier molecular flexibility index (Phi) is 5.67. The van der Waals surface area contributed by atoms with Gasteiger partial charge in [0.05, 0.1) is 29.8 Å². The number of ketones is 1. The van der Waals surface area contributed by atoms with E-state index in [1.807, 2.05) is 42.5 Å². The number of piperazine rings is 1. The molecule has 0 bridgehead atoms. The zero-order valence-corrected chi connectivity index (χ0v) is 18.9. The highest BCUT2D eigenvalue weighted by Gasteiger charge is 2.30. The van der Waals surface area contributed by atoms with Crippen molar-refractivity contribution < 1.29 is 18.7 Å². The molecule has 0 spiro atoms. The van der Waals surface area contributed by atoms with Crippen LogP contribution in [-0.4, -0.2) is 59.8 Å². The lowest BCUT2D eigenvalue weighted by molar-refractivity contribution is -0.127. The van der Waals surface area contributed by atoms with E-state index in [1.54, 1.807) is 36.6 Å². The Balaban J connectivity index is 1.36. The highest BCUT2D eigenvalue weighted by atomic mass is 16.5. The molecule has 3 heterocycles. The second-order valence-corrected chi connectivity index (χ2v) is 8.17. The number of benzene rings is 2. The second-order valence-electron chi connectivity index (χ2n) is 8.17. The fourth-order valence-electron chi connectivity index (χ4n) is 4.46. The maximum absolute atomic E-state index is 13.3. The summed E-state index contributed by atoms with van der Waals surface area (Å²) in [7, 11) is 1.54. The fourth-order valence-corrected chi connectivity index (χ4v) is 4.46. The Hall–Kier alpha value is -4.26. The van der Waals surface area contributed by atoms with Crippen LogP contribution in [0.1, 0.15) is 15.9 Å². The van der Waals surface area contributed by atoms with E-state index in [0.29, 0.717) is 54.2 Å². The molecule has 0 radical (unpaired) electrons. The van der Waals surface area contributed by atoms with Crippen LogP contribution < -0.4 is 4.74 Å². The summed E-state index contributed by atoms with van der Waals surface area (Å²) in [5.74, 6) is 0.106. The van der Waals surface area contributed by atoms with Gasteiger partial charge in [0.2, 0.25) is 0 Å². The number of ether oxygens (including phenoxy) is 1. The summed E-state index contributed by atoms with van der Waals surface area (Å²) < 4.78 is 11.1. The van der Waals surface area contributed by atoms with Gasteiger partial charge >= 0.3 is 0 Å². The molecule has 1 fully saturated rings. The highest BCUT2D eigenvalue weighted by molar-refractivity contribution is 6.45. The first-order valence-electron chi connectivity index (χ1n) is 11.1. The molecule has 1 amide bonds. The van der Waals surface area contributed by atoms with Crippen LogP contribution in [0.4, 0.5) is 0 Å². The molecule has 1 saturated heterocycles. The summed E-state index contributed by atoms with van der Waals surface area (Å²) in [4.78, 5) is 33.4. The number of methoxy groups -OCH3 is 1. The van der Waals surface area contributed by atoms with E-state index < -0.39 is 11.7 Å². The maximum atomic E-state index is 13.3. The minimum absolute atomic E-state index is 0.293. The fraction of sp³-hybridized carbons (Fsp3) is 0.185. The summed E-state index contributed by atoms with van der Waals surface area (Å²) in [6, 6.07) is 17.3. The van der Waals surface area contributed by atoms with Gasteiger partial charge in [-0.1, -0.05) is 36.9 Å². The van der Waals surface area contributed by atoms with Crippen LogP contribution in [0.3, 0.4) is 0 Å². The van der Waals surface area contributed by atoms with Crippen LogP contribution in [0.25, 0.3) is 27.9 Å². The number of aromatic amines is 1. The number of fused-ring (bicyclic) bond motifs is 1. The molecule has 2 aromatic heterocycles. The van der Waals surface area contributed by atoms with E-state index in [-0.39, 0.29) is 0 Å². The summed E-state index contributed by atoms with van der Waals surface area (Å²) >= 11 is 0. The number of amides is 1. The van der Waals surface area contributed by atoms with Gasteiger partial charge in [-0.15, -0.1) is 0 Å². The number of furan rings is 1. The molecule has 0 atom stereocenters. The second kappa shape index (κ2) is 8.94. The van der Waals surface area contributed by atoms with Gasteiger partial charge in [-0.2, -0.15) is 0 Å². The smallest absolute Gasteiger partial charge is 0.295 e. The van der Waals surface area contributed by atoms with Crippen molar-refractivity contribution in [1.82, 2.24) is 14.8 Å². The quantitative estimate of drug-likeness (QED) is 0.344. The number of hydrogen-bond donors (Lipinski definition) is 1. The van der Waals surface area contributed by atoms with Crippen LogP contribution >= 0.6 is 0 Å². The molecule has 0 unspecified atom stereocenters. The number of nitrogens with zero attached hydrogens (tertiary/aromatic N) is 2. The summed E-state index contributed by atoms with van der Waals surface area (Å²) in [5.41, 5.74) is 3.75. The zero-order valence-electron chi connectivity index (χ0n) is 18.9. The molecule has 0 saturated carbocycles. The lowest BCUT2D eigenvalue weighted by Gasteiger charge is -2.36. The Morgan fingerprint density at radius 2 is 1.71 bits per heavy atom. The van der Waals surface area contributed by atoms with Crippen LogP contribution in [0, 0.1) is 0 Å². The van der Waals surface area contributed by atoms with Gasteiger partial charge in [0.15, 0.2) is 0 Å². The molecule has 1 aliphatic rings. The van der Waals surface area contributed by atoms with Crippen LogP contribution in [0.2, 0.25) is 0 Å². The van der Waals surface area contributed by atoms with E-state index in [4.69, 9.17) is 9.15 Å². The monoisotopic (exact) mass is 455 g/mol. The van der Waals surface area contributed by atoms with Gasteiger partial charge in [-0.25, -0.2) is 0 Å². The minimum atomic E-state index is -0.559. The number of rotatable bonds is 6. The molecule has 7 nitrogen and oxygen atoms in total. The maximum Gasteiger partial charge on any atom is 0.295 e. The summed E-state index contributed by atoms with van der Waals surface area (Å²) in [6.45, 7) is 6.35. The standard InChI is InChI=1S/C27H25N3O4/c1-18(19-7-4-3-5-8-19)29-12-14-30(15-13-29)27(32)26(31)21-17-28-25-20(22-9-6-16-34-22)10-11-23(33-2)24(21)25/h3-11,16-17,28H,1,12-15H2,2H3. The number of hydrogen-bond acceptors (Lipinski definition) is 5. The third kappa shape index (κ3) is 3.75. The van der Waals surface area contributed by atoms with Crippen molar-refractivity contribution in [3.8, 4) is 17.1 Å². The molecule has 172 valence electrons. The largest absolute Gasteiger partial charge is 0.496 e. The average Bonchev–Trinajstić information content (AvgIpc) is 3.58. The van der Waals surface area contributed by atoms with Crippen LogP contribution in [-0.2, 0) is 4.79 Å². The summed E-state index contributed by atoms with van der Waals surface area (Å²) in [6.07, 6.45) is 3.17. The first kappa shape index (κ1) is 21.6. The van der Waals surface area contributed by atoms with Crippen molar-refractivity contribution in [3.05, 3.63) is 84.8 Å². The molecule has 34 heavy (non-hydrogen) atoms. The molecular weight excluding hydrogens is 430 g/mol. The van der Waals surface area contributed by atoms with E-state index in [1.165, 1.54) is 0 Å².